The second kappa shape index (κ2) is 14.8. The van der Waals surface area contributed by atoms with Gasteiger partial charge < -0.3 is 23.5 Å². The third-order valence-corrected chi connectivity index (χ3v) is 11.1. The van der Waals surface area contributed by atoms with Gasteiger partial charge in [0.1, 0.15) is 23.5 Å². The van der Waals surface area contributed by atoms with E-state index in [1.165, 1.54) is 6.33 Å². The van der Waals surface area contributed by atoms with E-state index < -0.39 is 44.3 Å². The summed E-state index contributed by atoms with van der Waals surface area (Å²) in [4.78, 5) is 40.0. The SMILES string of the molecule is C[C@@H]1COCCN1C[C@H]1CN(C(=O)OC(C)(C)C)[C@H](C)CN1CC(=O)N1CC(C)(C)c2c1cc(Cc1ccc(F)cc1OS(=O)(=O)C(F)(F)F)c1ncnn21. The van der Waals surface area contributed by atoms with Crippen LogP contribution in [0, 0.1) is 5.82 Å². The first-order chi connectivity index (χ1) is 25.5. The topological polar surface area (TPSA) is 139 Å². The van der Waals surface area contributed by atoms with Crippen LogP contribution in [0.15, 0.2) is 30.6 Å². The van der Waals surface area contributed by atoms with Crippen molar-refractivity contribution in [3.8, 4) is 5.75 Å². The first-order valence-corrected chi connectivity index (χ1v) is 19.5. The van der Waals surface area contributed by atoms with Crippen LogP contribution in [-0.4, -0.2) is 131 Å². The number of amides is 2. The average Bonchev–Trinajstić information content (AvgIpc) is 3.65. The van der Waals surface area contributed by atoms with Crippen LogP contribution < -0.4 is 9.08 Å². The van der Waals surface area contributed by atoms with E-state index in [2.05, 4.69) is 31.0 Å². The third-order valence-electron chi connectivity index (χ3n) is 10.2. The maximum Gasteiger partial charge on any atom is 0.534 e. The zero-order chi connectivity index (χ0) is 40.2. The number of pyridine rings is 1. The van der Waals surface area contributed by atoms with Gasteiger partial charge in [-0.1, -0.05) is 19.9 Å². The third kappa shape index (κ3) is 8.53. The average molecular weight is 798 g/mol. The van der Waals surface area contributed by atoms with Crippen LogP contribution in [0.25, 0.3) is 5.65 Å². The van der Waals surface area contributed by atoms with E-state index in [9.17, 15) is 35.6 Å². The molecule has 19 heteroatoms. The Balaban J connectivity index is 1.32. The summed E-state index contributed by atoms with van der Waals surface area (Å²) in [6, 6.07) is 4.02. The van der Waals surface area contributed by atoms with E-state index in [0.717, 1.165) is 12.1 Å². The molecule has 0 spiro atoms. The van der Waals surface area contributed by atoms with Gasteiger partial charge in [-0.2, -0.15) is 26.7 Å². The molecule has 3 aliphatic rings. The van der Waals surface area contributed by atoms with Crippen molar-refractivity contribution in [1.29, 1.82) is 0 Å². The van der Waals surface area contributed by atoms with Crippen LogP contribution in [-0.2, 0) is 36.2 Å². The molecule has 6 rings (SSSR count). The first kappa shape index (κ1) is 40.6. The molecule has 3 aromatic rings. The number of rotatable bonds is 8. The number of ether oxygens (including phenoxy) is 2. The highest BCUT2D eigenvalue weighted by molar-refractivity contribution is 7.88. The molecule has 1 aromatic carbocycles. The number of morpholine rings is 1. The molecule has 2 amide bonds. The summed E-state index contributed by atoms with van der Waals surface area (Å²) >= 11 is 0. The first-order valence-electron chi connectivity index (χ1n) is 18.1. The van der Waals surface area contributed by atoms with E-state index in [-0.39, 0.29) is 49.1 Å². The van der Waals surface area contributed by atoms with Crippen LogP contribution in [0.3, 0.4) is 0 Å². The fourth-order valence-electron chi connectivity index (χ4n) is 7.51. The molecule has 0 unspecified atom stereocenters. The van der Waals surface area contributed by atoms with E-state index in [1.54, 1.807) is 20.4 Å². The van der Waals surface area contributed by atoms with Gasteiger partial charge in [0, 0.05) is 79.9 Å². The largest absolute Gasteiger partial charge is 0.534 e. The van der Waals surface area contributed by atoms with E-state index in [1.807, 2.05) is 41.5 Å². The van der Waals surface area contributed by atoms with Crippen molar-refractivity contribution in [2.75, 3.05) is 57.4 Å². The lowest BCUT2D eigenvalue weighted by molar-refractivity contribution is -0.121. The number of nitrogens with zero attached hydrogens (tertiary/aromatic N) is 7. The van der Waals surface area contributed by atoms with Gasteiger partial charge in [-0.15, -0.1) is 0 Å². The molecule has 55 heavy (non-hydrogen) atoms. The van der Waals surface area contributed by atoms with Crippen LogP contribution >= 0.6 is 0 Å². The summed E-state index contributed by atoms with van der Waals surface area (Å²) in [5, 5.41) is 4.43. The Labute approximate surface area is 317 Å². The molecule has 302 valence electrons. The minimum absolute atomic E-state index is 0.0153. The quantitative estimate of drug-likeness (QED) is 0.183. The van der Waals surface area contributed by atoms with Crippen molar-refractivity contribution < 1.29 is 49.2 Å². The summed E-state index contributed by atoms with van der Waals surface area (Å²) in [5.41, 5.74) is -5.24. The van der Waals surface area contributed by atoms with Gasteiger partial charge in [-0.3, -0.25) is 14.6 Å². The van der Waals surface area contributed by atoms with Gasteiger partial charge in [0.15, 0.2) is 5.65 Å². The number of fused-ring (bicyclic) bond motifs is 3. The number of aromatic nitrogens is 3. The fraction of sp³-hybridized carbons (Fsp3) is 0.611. The Hall–Kier alpha value is -4.07. The molecule has 2 saturated heterocycles. The zero-order valence-electron chi connectivity index (χ0n) is 31.9. The number of carbonyl (C=O) groups excluding carboxylic acids is 2. The van der Waals surface area contributed by atoms with E-state index in [0.29, 0.717) is 68.1 Å². The maximum atomic E-state index is 14.5. The molecule has 0 radical (unpaired) electrons. The maximum absolute atomic E-state index is 14.5. The van der Waals surface area contributed by atoms with Crippen molar-refractivity contribution in [2.24, 2.45) is 0 Å². The van der Waals surface area contributed by atoms with Gasteiger partial charge in [0.05, 0.1) is 31.1 Å². The molecule has 0 N–H and O–H groups in total. The van der Waals surface area contributed by atoms with Crippen molar-refractivity contribution in [1.82, 2.24) is 29.3 Å². The highest BCUT2D eigenvalue weighted by Crippen LogP contribution is 2.42. The molecule has 5 heterocycles. The van der Waals surface area contributed by atoms with Crippen LogP contribution in [0.1, 0.15) is 65.3 Å². The lowest BCUT2D eigenvalue weighted by atomic mass is 9.90. The van der Waals surface area contributed by atoms with Crippen LogP contribution in [0.4, 0.5) is 28.0 Å². The molecule has 3 aliphatic heterocycles. The molecule has 2 fully saturated rings. The number of anilines is 1. The Bertz CT molecular complexity index is 2050. The Kier molecular flexibility index (Phi) is 10.9. The zero-order valence-corrected chi connectivity index (χ0v) is 32.7. The smallest absolute Gasteiger partial charge is 0.444 e. The Morgan fingerprint density at radius 3 is 2.44 bits per heavy atom. The molecular formula is C36H47F4N7O7S. The molecule has 0 saturated carbocycles. The molecule has 2 aromatic heterocycles. The normalized spacial score (nSPS) is 22.6. The number of piperazine rings is 1. The number of carbonyl (C=O) groups is 2. The second-order valence-corrected chi connectivity index (χ2v) is 17.7. The standard InChI is InChI=1S/C36H47F4N7O7S/c1-22-15-44(27(16-43-10-11-52-19-23(43)2)17-45(22)33(49)53-34(3,4)5)18-30(48)46-20-35(6,7)31-28(46)13-25(32-41-21-42-47(31)32)12-24-8-9-26(37)14-29(24)54-55(50,51)36(38,39)40/h8-9,13-14,21-23,27H,10-12,15-20H2,1-7H3/t22-,23-,27+/m1/s1. The van der Waals surface area contributed by atoms with Gasteiger partial charge in [-0.25, -0.2) is 18.7 Å². The van der Waals surface area contributed by atoms with E-state index >= 15 is 0 Å². The number of halogens is 4. The van der Waals surface area contributed by atoms with Crippen molar-refractivity contribution >= 4 is 33.5 Å². The fourth-order valence-corrected chi connectivity index (χ4v) is 8.00. The number of hydrogen-bond donors (Lipinski definition) is 0. The summed E-state index contributed by atoms with van der Waals surface area (Å²) in [5.74, 6) is -2.06. The van der Waals surface area contributed by atoms with E-state index in [4.69, 9.17) is 9.47 Å². The van der Waals surface area contributed by atoms with Crippen molar-refractivity contribution in [3.05, 3.63) is 53.2 Å². The number of alkyl halides is 3. The predicted molar refractivity (Wildman–Crippen MR) is 193 cm³/mol. The molecular weight excluding hydrogens is 750 g/mol. The number of benzene rings is 1. The van der Waals surface area contributed by atoms with Gasteiger partial charge in [0.2, 0.25) is 5.91 Å². The molecule has 3 atom stereocenters. The Morgan fingerprint density at radius 2 is 1.76 bits per heavy atom. The Morgan fingerprint density at radius 1 is 1.04 bits per heavy atom. The van der Waals surface area contributed by atoms with Gasteiger partial charge >= 0.3 is 21.7 Å². The lowest BCUT2D eigenvalue weighted by Gasteiger charge is -2.47. The monoisotopic (exact) mass is 797 g/mol. The van der Waals surface area contributed by atoms with Gasteiger partial charge in [-0.05, 0) is 46.8 Å². The minimum atomic E-state index is -6.11. The van der Waals surface area contributed by atoms with Crippen LogP contribution in [0.2, 0.25) is 0 Å². The summed E-state index contributed by atoms with van der Waals surface area (Å²) in [6.07, 6.45) is 0.653. The number of hydrogen-bond acceptors (Lipinski definition) is 11. The summed E-state index contributed by atoms with van der Waals surface area (Å²) in [7, 11) is -6.11. The summed E-state index contributed by atoms with van der Waals surface area (Å²) in [6.45, 7) is 16.8. The second-order valence-electron chi connectivity index (χ2n) is 16.2. The molecule has 0 aliphatic carbocycles. The minimum Gasteiger partial charge on any atom is -0.444 e. The highest BCUT2D eigenvalue weighted by atomic mass is 32.2. The highest BCUT2D eigenvalue weighted by Gasteiger charge is 2.49. The van der Waals surface area contributed by atoms with Crippen molar-refractivity contribution in [3.63, 3.8) is 0 Å². The van der Waals surface area contributed by atoms with Crippen molar-refractivity contribution in [2.45, 2.75) is 89.5 Å². The van der Waals surface area contributed by atoms with Crippen LogP contribution in [0.5, 0.6) is 5.75 Å². The summed E-state index contributed by atoms with van der Waals surface area (Å²) < 4.78 is 95.2. The lowest BCUT2D eigenvalue weighted by Crippen LogP contribution is -2.64. The van der Waals surface area contributed by atoms with Gasteiger partial charge in [0.25, 0.3) is 0 Å². The molecule has 14 nitrogen and oxygen atoms in total. The molecule has 0 bridgehead atoms. The predicted octanol–water partition coefficient (Wildman–Crippen LogP) is 4.34.